The Bertz CT molecular complexity index is 696. The lowest BCUT2D eigenvalue weighted by molar-refractivity contribution is -0.141. The Hall–Kier alpha value is -1.93. The molecule has 0 saturated heterocycles. The summed E-state index contributed by atoms with van der Waals surface area (Å²) in [7, 11) is -3.47. The maximum atomic E-state index is 12.0. The standard InChI is InChI=1S/C16H22N2O5S/c1-2-14(16(20)21)17-15(19)10-5-11-3-8-13(9-4-11)24(22,23)18-12-6-7-12/h3-4,8-9,12,14,18H,2,5-7,10H2,1H3,(H,17,19)(H,20,21). The second-order valence-electron chi connectivity index (χ2n) is 5.91. The topological polar surface area (TPSA) is 113 Å². The predicted octanol–water partition coefficient (Wildman–Crippen LogP) is 1.04. The number of aryl methyl sites for hydroxylation is 1. The second kappa shape index (κ2) is 7.76. The van der Waals surface area contributed by atoms with Gasteiger partial charge in [0.05, 0.1) is 4.90 Å². The van der Waals surface area contributed by atoms with Crippen LogP contribution in [0.5, 0.6) is 0 Å². The number of rotatable bonds is 9. The van der Waals surface area contributed by atoms with Crippen LogP contribution in [0.4, 0.5) is 0 Å². The Balaban J connectivity index is 1.87. The molecule has 0 spiro atoms. The molecule has 24 heavy (non-hydrogen) atoms. The first-order chi connectivity index (χ1) is 11.3. The number of aliphatic carboxylic acids is 1. The fraction of sp³-hybridized carbons (Fsp3) is 0.500. The first-order valence-corrected chi connectivity index (χ1v) is 9.43. The van der Waals surface area contributed by atoms with Crippen molar-refractivity contribution in [2.75, 3.05) is 0 Å². The number of carboxylic acid groups (broad SMARTS) is 1. The highest BCUT2D eigenvalue weighted by atomic mass is 32.2. The molecule has 1 amide bonds. The van der Waals surface area contributed by atoms with E-state index in [-0.39, 0.29) is 23.3 Å². The van der Waals surface area contributed by atoms with Crippen molar-refractivity contribution in [1.82, 2.24) is 10.0 Å². The summed E-state index contributed by atoms with van der Waals surface area (Å²) in [4.78, 5) is 22.8. The molecule has 0 radical (unpaired) electrons. The van der Waals surface area contributed by atoms with Gasteiger partial charge in [0, 0.05) is 12.5 Å². The van der Waals surface area contributed by atoms with Gasteiger partial charge in [-0.1, -0.05) is 19.1 Å². The van der Waals surface area contributed by atoms with Gasteiger partial charge in [-0.05, 0) is 43.4 Å². The Morgan fingerprint density at radius 2 is 1.88 bits per heavy atom. The molecule has 1 unspecified atom stereocenters. The highest BCUT2D eigenvalue weighted by molar-refractivity contribution is 7.89. The van der Waals surface area contributed by atoms with E-state index in [9.17, 15) is 18.0 Å². The predicted molar refractivity (Wildman–Crippen MR) is 88.0 cm³/mol. The number of hydrogen-bond acceptors (Lipinski definition) is 4. The number of nitrogens with one attached hydrogen (secondary N) is 2. The molecule has 1 aromatic carbocycles. The van der Waals surface area contributed by atoms with Crippen molar-refractivity contribution in [2.45, 2.75) is 56.0 Å². The van der Waals surface area contributed by atoms with Gasteiger partial charge >= 0.3 is 5.97 Å². The molecule has 1 saturated carbocycles. The van der Waals surface area contributed by atoms with Crippen molar-refractivity contribution in [2.24, 2.45) is 0 Å². The Labute approximate surface area is 141 Å². The van der Waals surface area contributed by atoms with Crippen LogP contribution >= 0.6 is 0 Å². The van der Waals surface area contributed by atoms with Gasteiger partial charge in [-0.25, -0.2) is 17.9 Å². The average molecular weight is 354 g/mol. The highest BCUT2D eigenvalue weighted by Crippen LogP contribution is 2.22. The van der Waals surface area contributed by atoms with Gasteiger partial charge < -0.3 is 10.4 Å². The zero-order chi connectivity index (χ0) is 17.7. The smallest absolute Gasteiger partial charge is 0.326 e. The SMILES string of the molecule is CCC(NC(=O)CCc1ccc(S(=O)(=O)NC2CC2)cc1)C(=O)O. The van der Waals surface area contributed by atoms with Crippen LogP contribution in [0.25, 0.3) is 0 Å². The van der Waals surface area contributed by atoms with Gasteiger partial charge in [-0.15, -0.1) is 0 Å². The fourth-order valence-corrected chi connectivity index (χ4v) is 3.49. The molecule has 0 aromatic heterocycles. The van der Waals surface area contributed by atoms with Crippen molar-refractivity contribution in [3.8, 4) is 0 Å². The first-order valence-electron chi connectivity index (χ1n) is 7.95. The molecule has 1 atom stereocenters. The van der Waals surface area contributed by atoms with E-state index in [0.29, 0.717) is 12.8 Å². The normalized spacial score (nSPS) is 15.7. The minimum Gasteiger partial charge on any atom is -0.480 e. The molecule has 132 valence electrons. The van der Waals surface area contributed by atoms with Crippen LogP contribution in [-0.2, 0) is 26.0 Å². The number of benzene rings is 1. The fourth-order valence-electron chi connectivity index (χ4n) is 2.19. The van der Waals surface area contributed by atoms with Crippen LogP contribution in [0.15, 0.2) is 29.2 Å². The van der Waals surface area contributed by atoms with Gasteiger partial charge in [-0.3, -0.25) is 4.79 Å². The second-order valence-corrected chi connectivity index (χ2v) is 7.62. The molecule has 3 N–H and O–H groups in total. The molecule has 0 aliphatic heterocycles. The Kier molecular flexibility index (Phi) is 5.95. The lowest BCUT2D eigenvalue weighted by Crippen LogP contribution is -2.40. The number of sulfonamides is 1. The number of carbonyl (C=O) groups is 2. The summed E-state index contributed by atoms with van der Waals surface area (Å²) in [6.07, 6.45) is 2.64. The van der Waals surface area contributed by atoms with Crippen molar-refractivity contribution >= 4 is 21.9 Å². The molecule has 0 bridgehead atoms. The molecule has 1 aliphatic carbocycles. The minimum absolute atomic E-state index is 0.0547. The molecule has 1 aromatic rings. The lowest BCUT2D eigenvalue weighted by Gasteiger charge is -2.12. The molecule has 0 heterocycles. The third kappa shape index (κ3) is 5.31. The van der Waals surface area contributed by atoms with Crippen molar-refractivity contribution in [3.05, 3.63) is 29.8 Å². The molecule has 7 nitrogen and oxygen atoms in total. The molecule has 2 rings (SSSR count). The number of amides is 1. The summed E-state index contributed by atoms with van der Waals surface area (Å²) in [6, 6.07) is 5.55. The van der Waals surface area contributed by atoms with E-state index in [1.165, 1.54) is 12.1 Å². The maximum absolute atomic E-state index is 12.0. The zero-order valence-corrected chi connectivity index (χ0v) is 14.3. The van der Waals surface area contributed by atoms with Crippen LogP contribution < -0.4 is 10.0 Å². The van der Waals surface area contributed by atoms with Crippen LogP contribution in [0.1, 0.15) is 38.2 Å². The summed E-state index contributed by atoms with van der Waals surface area (Å²) in [5, 5.41) is 11.4. The van der Waals surface area contributed by atoms with Gasteiger partial charge in [-0.2, -0.15) is 0 Å². The van der Waals surface area contributed by atoms with E-state index in [1.54, 1.807) is 19.1 Å². The lowest BCUT2D eigenvalue weighted by atomic mass is 10.1. The zero-order valence-electron chi connectivity index (χ0n) is 13.5. The van der Waals surface area contributed by atoms with Crippen LogP contribution in [0.3, 0.4) is 0 Å². The number of hydrogen-bond donors (Lipinski definition) is 3. The monoisotopic (exact) mass is 354 g/mol. The molecule has 1 aliphatic rings. The maximum Gasteiger partial charge on any atom is 0.326 e. The van der Waals surface area contributed by atoms with E-state index in [2.05, 4.69) is 10.0 Å². The van der Waals surface area contributed by atoms with Gasteiger partial charge in [0.1, 0.15) is 6.04 Å². The third-order valence-electron chi connectivity index (χ3n) is 3.82. The first kappa shape index (κ1) is 18.4. The van der Waals surface area contributed by atoms with E-state index in [1.807, 2.05) is 0 Å². The summed E-state index contributed by atoms with van der Waals surface area (Å²) in [5.41, 5.74) is 0.818. The molecular weight excluding hydrogens is 332 g/mol. The molecule has 8 heteroatoms. The van der Waals surface area contributed by atoms with E-state index in [0.717, 1.165) is 18.4 Å². The average Bonchev–Trinajstić information content (AvgIpc) is 3.34. The summed E-state index contributed by atoms with van der Waals surface area (Å²) >= 11 is 0. The van der Waals surface area contributed by atoms with Crippen LogP contribution in [-0.4, -0.2) is 37.5 Å². The third-order valence-corrected chi connectivity index (χ3v) is 5.35. The minimum atomic E-state index is -3.47. The number of carbonyl (C=O) groups excluding carboxylic acids is 1. The van der Waals surface area contributed by atoms with Gasteiger partial charge in [0.2, 0.25) is 15.9 Å². The number of carboxylic acids is 1. The Morgan fingerprint density at radius 1 is 1.25 bits per heavy atom. The van der Waals surface area contributed by atoms with Crippen molar-refractivity contribution in [1.29, 1.82) is 0 Å². The van der Waals surface area contributed by atoms with Crippen molar-refractivity contribution < 1.29 is 23.1 Å². The molecular formula is C16H22N2O5S. The summed E-state index contributed by atoms with van der Waals surface area (Å²) in [5.74, 6) is -1.39. The van der Waals surface area contributed by atoms with Gasteiger partial charge in [0.25, 0.3) is 0 Å². The van der Waals surface area contributed by atoms with Crippen molar-refractivity contribution in [3.63, 3.8) is 0 Å². The van der Waals surface area contributed by atoms with Crippen LogP contribution in [0.2, 0.25) is 0 Å². The highest BCUT2D eigenvalue weighted by Gasteiger charge is 2.27. The Morgan fingerprint density at radius 3 is 2.38 bits per heavy atom. The van der Waals surface area contributed by atoms with E-state index in [4.69, 9.17) is 5.11 Å². The largest absolute Gasteiger partial charge is 0.480 e. The van der Waals surface area contributed by atoms with E-state index >= 15 is 0 Å². The van der Waals surface area contributed by atoms with Crippen LogP contribution in [0, 0.1) is 0 Å². The molecule has 1 fully saturated rings. The van der Waals surface area contributed by atoms with E-state index < -0.39 is 22.0 Å². The quantitative estimate of drug-likeness (QED) is 0.613. The van der Waals surface area contributed by atoms with Gasteiger partial charge in [0.15, 0.2) is 0 Å². The summed E-state index contributed by atoms with van der Waals surface area (Å²) < 4.78 is 26.7. The summed E-state index contributed by atoms with van der Waals surface area (Å²) in [6.45, 7) is 1.69.